The van der Waals surface area contributed by atoms with E-state index in [9.17, 15) is 4.79 Å². The number of nitrogens with two attached hydrogens (primary N) is 1. The van der Waals surface area contributed by atoms with Crippen LogP contribution in [0.2, 0.25) is 0 Å². The summed E-state index contributed by atoms with van der Waals surface area (Å²) in [7, 11) is 3.80. The van der Waals surface area contributed by atoms with Crippen molar-refractivity contribution in [2.75, 3.05) is 25.5 Å². The highest BCUT2D eigenvalue weighted by atomic mass is 16.1. The van der Waals surface area contributed by atoms with E-state index in [1.165, 1.54) is 4.68 Å². The van der Waals surface area contributed by atoms with Crippen LogP contribution in [-0.2, 0) is 6.54 Å². The van der Waals surface area contributed by atoms with Gasteiger partial charge in [-0.1, -0.05) is 0 Å². The molecule has 0 radical (unpaired) electrons. The Morgan fingerprint density at radius 3 is 2.73 bits per heavy atom. The van der Waals surface area contributed by atoms with E-state index < -0.39 is 0 Å². The van der Waals surface area contributed by atoms with Crippen LogP contribution in [0.25, 0.3) is 0 Å². The van der Waals surface area contributed by atoms with E-state index in [0.717, 1.165) is 18.7 Å². The molecule has 2 N–H and O–H groups in total. The third-order valence-corrected chi connectivity index (χ3v) is 2.13. The smallest absolute Gasteiger partial charge is 0.266 e. The van der Waals surface area contributed by atoms with Crippen molar-refractivity contribution in [2.24, 2.45) is 5.73 Å². The summed E-state index contributed by atoms with van der Waals surface area (Å²) < 4.78 is 1.49. The summed E-state index contributed by atoms with van der Waals surface area (Å²) in [4.78, 5) is 13.3. The summed E-state index contributed by atoms with van der Waals surface area (Å²) in [6.45, 7) is 1.29. The molecule has 0 bridgehead atoms. The lowest BCUT2D eigenvalue weighted by Gasteiger charge is -2.12. The van der Waals surface area contributed by atoms with Crippen molar-refractivity contribution in [3.63, 3.8) is 0 Å². The fourth-order valence-corrected chi connectivity index (χ4v) is 1.24. The molecule has 15 heavy (non-hydrogen) atoms. The zero-order chi connectivity index (χ0) is 11.3. The summed E-state index contributed by atoms with van der Waals surface area (Å²) in [6, 6.07) is 3.27. The lowest BCUT2D eigenvalue weighted by atomic mass is 10.3. The molecule has 0 aliphatic heterocycles. The molecule has 1 aromatic rings. The third-order valence-electron chi connectivity index (χ3n) is 2.13. The van der Waals surface area contributed by atoms with Crippen LogP contribution in [0.1, 0.15) is 12.8 Å². The fraction of sp³-hybridized carbons (Fsp3) is 0.600. The first-order valence-corrected chi connectivity index (χ1v) is 5.10. The van der Waals surface area contributed by atoms with Crippen LogP contribution < -0.4 is 16.2 Å². The molecule has 84 valence electrons. The predicted molar refractivity (Wildman–Crippen MR) is 61.1 cm³/mol. The Bertz CT molecular complexity index is 359. The van der Waals surface area contributed by atoms with Gasteiger partial charge in [-0.05, 0) is 25.5 Å². The van der Waals surface area contributed by atoms with E-state index in [1.807, 2.05) is 19.0 Å². The molecule has 5 nitrogen and oxygen atoms in total. The number of unbranched alkanes of at least 4 members (excludes halogenated alkanes) is 1. The molecule has 0 unspecified atom stereocenters. The fourth-order valence-electron chi connectivity index (χ4n) is 1.24. The van der Waals surface area contributed by atoms with Crippen molar-refractivity contribution in [1.29, 1.82) is 0 Å². The van der Waals surface area contributed by atoms with Crippen molar-refractivity contribution in [2.45, 2.75) is 19.4 Å². The number of anilines is 1. The van der Waals surface area contributed by atoms with Crippen molar-refractivity contribution < 1.29 is 0 Å². The Balaban J connectivity index is 2.77. The first-order valence-electron chi connectivity index (χ1n) is 5.10. The largest absolute Gasteiger partial charge is 0.361 e. The highest BCUT2D eigenvalue weighted by Gasteiger charge is 2.01. The topological polar surface area (TPSA) is 64.2 Å². The summed E-state index contributed by atoms with van der Waals surface area (Å²) in [5.74, 6) is 0.794. The van der Waals surface area contributed by atoms with Crippen molar-refractivity contribution in [1.82, 2.24) is 9.78 Å². The van der Waals surface area contributed by atoms with Gasteiger partial charge in [-0.15, -0.1) is 0 Å². The molecule has 0 fully saturated rings. The monoisotopic (exact) mass is 210 g/mol. The van der Waals surface area contributed by atoms with Crippen LogP contribution in [-0.4, -0.2) is 30.4 Å². The van der Waals surface area contributed by atoms with Gasteiger partial charge >= 0.3 is 0 Å². The van der Waals surface area contributed by atoms with Crippen LogP contribution in [0.3, 0.4) is 0 Å². The molecular formula is C10H18N4O. The standard InChI is InChI=1S/C10H18N4O/c1-13(2)9-5-6-10(15)14(12-9)8-4-3-7-11/h5-6H,3-4,7-8,11H2,1-2H3. The average molecular weight is 210 g/mol. The van der Waals surface area contributed by atoms with Gasteiger partial charge < -0.3 is 10.6 Å². The van der Waals surface area contributed by atoms with E-state index >= 15 is 0 Å². The van der Waals surface area contributed by atoms with Crippen molar-refractivity contribution in [3.05, 3.63) is 22.5 Å². The second-order valence-electron chi connectivity index (χ2n) is 3.64. The third kappa shape index (κ3) is 3.36. The number of hydrogen-bond donors (Lipinski definition) is 1. The summed E-state index contributed by atoms with van der Waals surface area (Å²) in [5, 5.41) is 4.23. The van der Waals surface area contributed by atoms with Gasteiger partial charge in [0.15, 0.2) is 0 Å². The van der Waals surface area contributed by atoms with Crippen LogP contribution in [0, 0.1) is 0 Å². The van der Waals surface area contributed by atoms with Crippen LogP contribution in [0.15, 0.2) is 16.9 Å². The summed E-state index contributed by atoms with van der Waals surface area (Å²) in [6.07, 6.45) is 1.81. The molecule has 0 spiro atoms. The molecule has 0 aliphatic rings. The Labute approximate surface area is 89.5 Å². The van der Waals surface area contributed by atoms with Crippen molar-refractivity contribution >= 4 is 5.82 Å². The summed E-state index contributed by atoms with van der Waals surface area (Å²) >= 11 is 0. The first kappa shape index (κ1) is 11.7. The molecule has 0 amide bonds. The van der Waals surface area contributed by atoms with Gasteiger partial charge in [0.2, 0.25) is 0 Å². The molecule has 1 heterocycles. The number of hydrogen-bond acceptors (Lipinski definition) is 4. The van der Waals surface area contributed by atoms with E-state index in [4.69, 9.17) is 5.73 Å². The number of nitrogens with zero attached hydrogens (tertiary/aromatic N) is 3. The number of aryl methyl sites for hydroxylation is 1. The van der Waals surface area contributed by atoms with Gasteiger partial charge in [-0.3, -0.25) is 4.79 Å². The highest BCUT2D eigenvalue weighted by Crippen LogP contribution is 2.02. The van der Waals surface area contributed by atoms with E-state index in [-0.39, 0.29) is 5.56 Å². The van der Waals surface area contributed by atoms with Gasteiger partial charge in [0.05, 0.1) is 0 Å². The SMILES string of the molecule is CN(C)c1ccc(=O)n(CCCCN)n1. The molecule has 0 saturated heterocycles. The maximum Gasteiger partial charge on any atom is 0.266 e. The van der Waals surface area contributed by atoms with Crippen LogP contribution in [0.4, 0.5) is 5.82 Å². The normalized spacial score (nSPS) is 10.3. The van der Waals surface area contributed by atoms with E-state index in [0.29, 0.717) is 13.1 Å². The Morgan fingerprint density at radius 2 is 2.13 bits per heavy atom. The van der Waals surface area contributed by atoms with E-state index in [2.05, 4.69) is 5.10 Å². The number of aromatic nitrogens is 2. The Kier molecular flexibility index (Phi) is 4.30. The molecule has 1 rings (SSSR count). The van der Waals surface area contributed by atoms with Gasteiger partial charge in [0.1, 0.15) is 5.82 Å². The quantitative estimate of drug-likeness (QED) is 0.697. The molecule has 1 aromatic heterocycles. The second kappa shape index (κ2) is 5.50. The zero-order valence-corrected chi connectivity index (χ0v) is 9.31. The zero-order valence-electron chi connectivity index (χ0n) is 9.31. The van der Waals surface area contributed by atoms with Crippen molar-refractivity contribution in [3.8, 4) is 0 Å². The molecular weight excluding hydrogens is 192 g/mol. The maximum atomic E-state index is 11.4. The minimum Gasteiger partial charge on any atom is -0.361 e. The lowest BCUT2D eigenvalue weighted by molar-refractivity contribution is 0.535. The Hall–Kier alpha value is -1.36. The Morgan fingerprint density at radius 1 is 1.40 bits per heavy atom. The molecule has 0 aliphatic carbocycles. The molecule has 0 aromatic carbocycles. The number of rotatable bonds is 5. The van der Waals surface area contributed by atoms with Gasteiger partial charge in [0, 0.05) is 26.7 Å². The first-order chi connectivity index (χ1) is 7.15. The molecule has 0 atom stereocenters. The predicted octanol–water partition coefficient (Wildman–Crippen LogP) is 0.0482. The van der Waals surface area contributed by atoms with Crippen LogP contribution >= 0.6 is 0 Å². The molecule has 5 heteroatoms. The highest BCUT2D eigenvalue weighted by molar-refractivity contribution is 5.33. The average Bonchev–Trinajstić information content (AvgIpc) is 2.20. The van der Waals surface area contributed by atoms with E-state index in [1.54, 1.807) is 12.1 Å². The molecule has 0 saturated carbocycles. The maximum absolute atomic E-state index is 11.4. The van der Waals surface area contributed by atoms with Gasteiger partial charge in [-0.2, -0.15) is 5.10 Å². The minimum absolute atomic E-state index is 0.0578. The second-order valence-corrected chi connectivity index (χ2v) is 3.64. The minimum atomic E-state index is -0.0578. The lowest BCUT2D eigenvalue weighted by Crippen LogP contribution is -2.25. The van der Waals surface area contributed by atoms with Crippen LogP contribution in [0.5, 0.6) is 0 Å². The van der Waals surface area contributed by atoms with Gasteiger partial charge in [0.25, 0.3) is 5.56 Å². The van der Waals surface area contributed by atoms with Gasteiger partial charge in [-0.25, -0.2) is 4.68 Å². The summed E-state index contributed by atoms with van der Waals surface area (Å²) in [5.41, 5.74) is 5.34.